The number of amides is 1. The van der Waals surface area contributed by atoms with Gasteiger partial charge in [-0.1, -0.05) is 32.4 Å². The molecule has 0 aliphatic heterocycles. The number of halogens is 1. The van der Waals surface area contributed by atoms with Crippen molar-refractivity contribution in [2.45, 2.75) is 58.5 Å². The maximum atomic E-state index is 11.9. The van der Waals surface area contributed by atoms with Crippen molar-refractivity contribution in [3.05, 3.63) is 16.4 Å². The Balaban J connectivity index is 3.04. The van der Waals surface area contributed by atoms with Gasteiger partial charge in [0.25, 0.3) is 0 Å². The minimum absolute atomic E-state index is 0.205. The number of nitrogens with zero attached hydrogens (tertiary/aromatic N) is 2. The van der Waals surface area contributed by atoms with Crippen LogP contribution in [0.25, 0.3) is 0 Å². The lowest BCUT2D eigenvalue weighted by molar-refractivity contribution is 0.0516. The Labute approximate surface area is 143 Å². The van der Waals surface area contributed by atoms with Crippen LogP contribution in [-0.2, 0) is 17.2 Å². The van der Waals surface area contributed by atoms with Crippen LogP contribution in [0.5, 0.6) is 0 Å². The zero-order valence-corrected chi connectivity index (χ0v) is 15.9. The summed E-state index contributed by atoms with van der Waals surface area (Å²) < 4.78 is 6.93. The van der Waals surface area contributed by atoms with E-state index in [2.05, 4.69) is 24.3 Å². The van der Waals surface area contributed by atoms with Crippen LogP contribution in [0.3, 0.4) is 0 Å². The molecular formula is C16H29ClN4O2. The van der Waals surface area contributed by atoms with Crippen molar-refractivity contribution in [3.63, 3.8) is 0 Å². The molecule has 1 rings (SSSR count). The molecule has 7 heteroatoms. The van der Waals surface area contributed by atoms with Gasteiger partial charge in [0.05, 0.1) is 5.69 Å². The fraction of sp³-hybridized carbons (Fsp3) is 0.750. The van der Waals surface area contributed by atoms with Crippen molar-refractivity contribution in [1.82, 2.24) is 15.1 Å². The van der Waals surface area contributed by atoms with Gasteiger partial charge in [0, 0.05) is 31.1 Å². The van der Waals surface area contributed by atoms with Crippen LogP contribution >= 0.6 is 11.6 Å². The molecule has 23 heavy (non-hydrogen) atoms. The lowest BCUT2D eigenvalue weighted by atomic mass is 9.80. The van der Waals surface area contributed by atoms with Crippen LogP contribution in [0.15, 0.2) is 0 Å². The van der Waals surface area contributed by atoms with Gasteiger partial charge in [0.1, 0.15) is 10.8 Å². The number of nitrogens with two attached hydrogens (primary N) is 1. The van der Waals surface area contributed by atoms with Gasteiger partial charge in [-0.25, -0.2) is 4.79 Å². The number of carbonyl (C=O) groups excluding carboxylic acids is 1. The van der Waals surface area contributed by atoms with Gasteiger partial charge < -0.3 is 15.8 Å². The second-order valence-electron chi connectivity index (χ2n) is 7.45. The molecular weight excluding hydrogens is 316 g/mol. The monoisotopic (exact) mass is 344 g/mol. The van der Waals surface area contributed by atoms with Crippen molar-refractivity contribution >= 4 is 17.7 Å². The molecule has 1 aromatic rings. The molecule has 0 aliphatic carbocycles. The minimum Gasteiger partial charge on any atom is -0.444 e. The Morgan fingerprint density at radius 3 is 2.39 bits per heavy atom. The van der Waals surface area contributed by atoms with E-state index >= 15 is 0 Å². The predicted octanol–water partition coefficient (Wildman–Crippen LogP) is 2.94. The number of alkyl carbamates (subject to hydrolysis) is 1. The predicted molar refractivity (Wildman–Crippen MR) is 93.0 cm³/mol. The van der Waals surface area contributed by atoms with Crippen molar-refractivity contribution in [1.29, 1.82) is 0 Å². The number of aromatic nitrogens is 2. The molecule has 1 unspecified atom stereocenters. The highest BCUT2D eigenvalue weighted by Crippen LogP contribution is 2.35. The third-order valence-corrected chi connectivity index (χ3v) is 4.06. The molecule has 0 fully saturated rings. The van der Waals surface area contributed by atoms with E-state index in [1.165, 1.54) is 0 Å². The van der Waals surface area contributed by atoms with Gasteiger partial charge in [0.15, 0.2) is 0 Å². The van der Waals surface area contributed by atoms with E-state index in [1.54, 1.807) is 11.7 Å². The van der Waals surface area contributed by atoms with Crippen molar-refractivity contribution in [2.75, 3.05) is 13.1 Å². The van der Waals surface area contributed by atoms with Crippen LogP contribution < -0.4 is 11.1 Å². The summed E-state index contributed by atoms with van der Waals surface area (Å²) >= 11 is 6.44. The Morgan fingerprint density at radius 2 is 1.96 bits per heavy atom. The van der Waals surface area contributed by atoms with Gasteiger partial charge in [-0.3, -0.25) is 4.68 Å². The first-order valence-corrected chi connectivity index (χ1v) is 8.19. The summed E-state index contributed by atoms with van der Waals surface area (Å²) in [7, 11) is 1.80. The van der Waals surface area contributed by atoms with E-state index in [0.29, 0.717) is 18.2 Å². The molecule has 6 nitrogen and oxygen atoms in total. The van der Waals surface area contributed by atoms with Crippen LogP contribution in [-0.4, -0.2) is 34.6 Å². The summed E-state index contributed by atoms with van der Waals surface area (Å²) in [4.78, 5) is 11.9. The van der Waals surface area contributed by atoms with E-state index in [-0.39, 0.29) is 5.92 Å². The third kappa shape index (κ3) is 4.85. The number of nitrogens with one attached hydrogen (secondary N) is 1. The van der Waals surface area contributed by atoms with Crippen molar-refractivity contribution in [3.8, 4) is 0 Å². The largest absolute Gasteiger partial charge is 0.444 e. The van der Waals surface area contributed by atoms with Crippen LogP contribution in [0, 0.1) is 0 Å². The highest BCUT2D eigenvalue weighted by atomic mass is 35.5. The Kier molecular flexibility index (Phi) is 6.10. The first-order chi connectivity index (χ1) is 10.4. The fourth-order valence-electron chi connectivity index (χ4n) is 2.33. The Morgan fingerprint density at radius 1 is 1.39 bits per heavy atom. The van der Waals surface area contributed by atoms with Crippen LogP contribution in [0.4, 0.5) is 4.79 Å². The number of rotatable bonds is 5. The second kappa shape index (κ2) is 7.09. The smallest absolute Gasteiger partial charge is 0.407 e. The maximum absolute atomic E-state index is 11.9. The van der Waals surface area contributed by atoms with E-state index in [1.807, 2.05) is 27.7 Å². The van der Waals surface area contributed by atoms with Gasteiger partial charge in [-0.05, 0) is 26.7 Å². The normalized spacial score (nSPS) is 14.7. The first kappa shape index (κ1) is 19.8. The Bertz CT molecular complexity index is 563. The van der Waals surface area contributed by atoms with E-state index in [9.17, 15) is 4.79 Å². The number of aryl methyl sites for hydroxylation is 1. The molecule has 1 heterocycles. The fourth-order valence-corrected chi connectivity index (χ4v) is 2.69. The zero-order valence-electron chi connectivity index (χ0n) is 15.2. The zero-order chi connectivity index (χ0) is 18.0. The number of ether oxygens (including phenoxy) is 1. The van der Waals surface area contributed by atoms with E-state index in [0.717, 1.165) is 11.3 Å². The summed E-state index contributed by atoms with van der Waals surface area (Å²) in [5.41, 5.74) is 6.73. The van der Waals surface area contributed by atoms with Crippen LogP contribution in [0.1, 0.15) is 58.7 Å². The molecule has 0 saturated carbocycles. The Hall–Kier alpha value is -1.27. The summed E-state index contributed by atoms with van der Waals surface area (Å²) in [6.45, 7) is 12.2. The molecule has 132 valence electrons. The lowest BCUT2D eigenvalue weighted by Crippen LogP contribution is -2.45. The second-order valence-corrected chi connectivity index (χ2v) is 7.81. The molecule has 3 N–H and O–H groups in total. The average molecular weight is 345 g/mol. The van der Waals surface area contributed by atoms with E-state index < -0.39 is 17.1 Å². The standard InChI is InChI=1S/C16H29ClN4O2/c1-10(2)12-11(13(17)21(7)20-12)16(6,8-18)9-19-14(22)23-15(3,4)5/h10H,8-9,18H2,1-7H3,(H,19,22). The molecule has 1 aromatic heterocycles. The van der Waals surface area contributed by atoms with Gasteiger partial charge in [-0.15, -0.1) is 0 Å². The molecule has 0 saturated heterocycles. The summed E-state index contributed by atoms with van der Waals surface area (Å²) in [5.74, 6) is 0.205. The number of carbonyl (C=O) groups is 1. The van der Waals surface area contributed by atoms with Crippen molar-refractivity contribution in [2.24, 2.45) is 12.8 Å². The summed E-state index contributed by atoms with van der Waals surface area (Å²) in [6.07, 6.45) is -0.469. The number of hydrogen-bond acceptors (Lipinski definition) is 4. The van der Waals surface area contributed by atoms with E-state index in [4.69, 9.17) is 22.1 Å². The summed E-state index contributed by atoms with van der Waals surface area (Å²) in [6, 6.07) is 0. The average Bonchev–Trinajstić information content (AvgIpc) is 2.71. The third-order valence-electron chi connectivity index (χ3n) is 3.63. The quantitative estimate of drug-likeness (QED) is 0.860. The minimum atomic E-state index is -0.543. The molecule has 0 spiro atoms. The van der Waals surface area contributed by atoms with Gasteiger partial charge in [0.2, 0.25) is 0 Å². The topological polar surface area (TPSA) is 82.2 Å². The molecule has 0 aliphatic rings. The maximum Gasteiger partial charge on any atom is 0.407 e. The van der Waals surface area contributed by atoms with Gasteiger partial charge >= 0.3 is 6.09 Å². The van der Waals surface area contributed by atoms with Gasteiger partial charge in [-0.2, -0.15) is 5.10 Å². The molecule has 0 radical (unpaired) electrons. The molecule has 1 atom stereocenters. The highest BCUT2D eigenvalue weighted by molar-refractivity contribution is 6.30. The highest BCUT2D eigenvalue weighted by Gasteiger charge is 2.35. The number of hydrogen-bond donors (Lipinski definition) is 2. The molecule has 1 amide bonds. The first-order valence-electron chi connectivity index (χ1n) is 7.81. The molecule has 0 bridgehead atoms. The molecule has 0 aromatic carbocycles. The summed E-state index contributed by atoms with van der Waals surface area (Å²) in [5, 5.41) is 7.84. The lowest BCUT2D eigenvalue weighted by Gasteiger charge is -2.30. The SMILES string of the molecule is CC(C)c1nn(C)c(Cl)c1C(C)(CN)CNC(=O)OC(C)(C)C. The van der Waals surface area contributed by atoms with Crippen molar-refractivity contribution < 1.29 is 9.53 Å². The van der Waals surface area contributed by atoms with Crippen LogP contribution in [0.2, 0.25) is 5.15 Å².